The first kappa shape index (κ1) is 32.9. The van der Waals surface area contributed by atoms with Crippen molar-refractivity contribution in [3.63, 3.8) is 0 Å². The third-order valence-electron chi connectivity index (χ3n) is 7.34. The molecule has 2 aliphatic heterocycles. The van der Waals surface area contributed by atoms with E-state index in [4.69, 9.17) is 18.9 Å². The number of aliphatic hydroxyl groups excluding tert-OH is 6. The third kappa shape index (κ3) is 7.39. The van der Waals surface area contributed by atoms with Gasteiger partial charge in [0.25, 0.3) is 11.8 Å². The topological polar surface area (TPSA) is 216 Å². The number of nitrogens with one attached hydrogen (secondary N) is 2. The lowest BCUT2D eigenvalue weighted by Gasteiger charge is -2.46. The van der Waals surface area contributed by atoms with Crippen LogP contribution < -0.4 is 20.1 Å². The molecule has 0 aromatic heterocycles. The first-order chi connectivity index (χ1) is 20.6. The molecule has 2 fully saturated rings. The molecule has 2 aliphatic rings. The summed E-state index contributed by atoms with van der Waals surface area (Å²) in [5, 5.41) is 68.6. The Hall–Kier alpha value is -2.99. The van der Waals surface area contributed by atoms with Gasteiger partial charge >= 0.3 is 0 Å². The Labute approximate surface area is 251 Å². The fourth-order valence-corrected chi connectivity index (χ4v) is 6.17. The van der Waals surface area contributed by atoms with Gasteiger partial charge in [0.1, 0.15) is 59.0 Å². The number of amides is 2. The normalized spacial score (nSPS) is 32.5. The van der Waals surface area contributed by atoms with Gasteiger partial charge in [-0.05, 0) is 48.5 Å². The molecule has 8 N–H and O–H groups in total. The Balaban J connectivity index is 1.49. The standard InChI is InChI=1S/C28H36N2O12S/c1-39-15-7-3-13(4-8-15)25(37)29-19-21(33)17(11-31)41-27(23(19)35)43-28-24(36)20(22(34)18(12-32)42-28)30-26(38)14-5-9-16(40-2)10-6-14/h3-10,17-24,27-28,31-36H,11-12H2,1-2H3,(H,29,37)(H,30,38)/t17-,18-,19+,20+,21+,22+,23-,24-,27?,28?/m1/s1. The molecule has 14 nitrogen and oxygen atoms in total. The molecular weight excluding hydrogens is 588 g/mol. The van der Waals surface area contributed by atoms with Crippen LogP contribution in [0.15, 0.2) is 48.5 Å². The highest BCUT2D eigenvalue weighted by atomic mass is 32.2. The number of aliphatic hydroxyl groups is 6. The van der Waals surface area contributed by atoms with Gasteiger partial charge in [0.15, 0.2) is 0 Å². The number of hydrogen-bond donors (Lipinski definition) is 8. The van der Waals surface area contributed by atoms with Gasteiger partial charge in [-0.1, -0.05) is 11.8 Å². The smallest absolute Gasteiger partial charge is 0.251 e. The van der Waals surface area contributed by atoms with Crippen LogP contribution in [0.5, 0.6) is 11.5 Å². The van der Waals surface area contributed by atoms with Crippen LogP contribution in [-0.2, 0) is 9.47 Å². The first-order valence-corrected chi connectivity index (χ1v) is 14.4. The SMILES string of the molecule is COc1ccc(C(=O)N[C@H]2[C@@H](O)[C@@H](CO)OC(SC3O[C@H](CO)[C@H](O)[C@H](NC(=O)c4ccc(OC)cc4)[C@H]3O)[C@@H]2O)cc1. The lowest BCUT2D eigenvalue weighted by Crippen LogP contribution is -2.66. The van der Waals surface area contributed by atoms with E-state index in [2.05, 4.69) is 10.6 Å². The van der Waals surface area contributed by atoms with E-state index < -0.39 is 84.6 Å². The second kappa shape index (κ2) is 14.7. The van der Waals surface area contributed by atoms with Gasteiger partial charge < -0.3 is 60.2 Å². The second-order valence-corrected chi connectivity index (χ2v) is 11.2. The van der Waals surface area contributed by atoms with E-state index in [0.717, 1.165) is 11.8 Å². The zero-order valence-electron chi connectivity index (χ0n) is 23.3. The van der Waals surface area contributed by atoms with E-state index >= 15 is 0 Å². The maximum Gasteiger partial charge on any atom is 0.251 e. The Bertz CT molecular complexity index is 1130. The fourth-order valence-electron chi connectivity index (χ4n) is 4.83. The molecule has 2 saturated heterocycles. The van der Waals surface area contributed by atoms with Crippen LogP contribution in [-0.4, -0.2) is 129 Å². The number of carbonyl (C=O) groups excluding carboxylic acids is 2. The quantitative estimate of drug-likeness (QED) is 0.147. The minimum atomic E-state index is -1.56. The van der Waals surface area contributed by atoms with Gasteiger partial charge in [0.05, 0.1) is 39.5 Å². The molecule has 2 heterocycles. The van der Waals surface area contributed by atoms with Crippen LogP contribution in [0.25, 0.3) is 0 Å². The molecule has 0 bridgehead atoms. The molecule has 2 amide bonds. The summed E-state index contributed by atoms with van der Waals surface area (Å²) in [6.45, 7) is -1.32. The van der Waals surface area contributed by atoms with E-state index in [9.17, 15) is 40.2 Å². The zero-order valence-corrected chi connectivity index (χ0v) is 24.2. The van der Waals surface area contributed by atoms with Gasteiger partial charge in [-0.2, -0.15) is 0 Å². The molecule has 0 radical (unpaired) electrons. The van der Waals surface area contributed by atoms with Crippen molar-refractivity contribution in [2.75, 3.05) is 27.4 Å². The first-order valence-electron chi connectivity index (χ1n) is 13.4. The second-order valence-electron chi connectivity index (χ2n) is 10.0. The van der Waals surface area contributed by atoms with E-state index in [1.807, 2.05) is 0 Å². The number of ether oxygens (including phenoxy) is 4. The Morgan fingerprint density at radius 1 is 0.674 bits per heavy atom. The summed E-state index contributed by atoms with van der Waals surface area (Å²) < 4.78 is 21.6. The molecular formula is C28H36N2O12S. The van der Waals surface area contributed by atoms with Gasteiger partial charge in [0, 0.05) is 11.1 Å². The van der Waals surface area contributed by atoms with Gasteiger partial charge in [-0.3, -0.25) is 9.59 Å². The molecule has 236 valence electrons. The largest absolute Gasteiger partial charge is 0.497 e. The van der Waals surface area contributed by atoms with Crippen molar-refractivity contribution in [2.24, 2.45) is 0 Å². The predicted molar refractivity (Wildman–Crippen MR) is 152 cm³/mol. The highest BCUT2D eigenvalue weighted by Gasteiger charge is 2.50. The van der Waals surface area contributed by atoms with E-state index in [1.54, 1.807) is 24.3 Å². The molecule has 15 heteroatoms. The van der Waals surface area contributed by atoms with Crippen molar-refractivity contribution in [3.8, 4) is 11.5 Å². The highest BCUT2D eigenvalue weighted by molar-refractivity contribution is 8.00. The van der Waals surface area contributed by atoms with Crippen molar-refractivity contribution in [1.29, 1.82) is 0 Å². The Morgan fingerprint density at radius 3 is 1.33 bits per heavy atom. The van der Waals surface area contributed by atoms with Gasteiger partial charge in [0.2, 0.25) is 0 Å². The van der Waals surface area contributed by atoms with E-state index in [-0.39, 0.29) is 11.1 Å². The molecule has 2 aromatic carbocycles. The van der Waals surface area contributed by atoms with Crippen molar-refractivity contribution in [3.05, 3.63) is 59.7 Å². The van der Waals surface area contributed by atoms with Crippen LogP contribution in [0.2, 0.25) is 0 Å². The molecule has 0 spiro atoms. The minimum Gasteiger partial charge on any atom is -0.497 e. The number of benzene rings is 2. The molecule has 43 heavy (non-hydrogen) atoms. The van der Waals surface area contributed by atoms with E-state index in [1.165, 1.54) is 38.5 Å². The van der Waals surface area contributed by atoms with Crippen LogP contribution in [0, 0.1) is 0 Å². The average molecular weight is 625 g/mol. The number of carbonyl (C=O) groups is 2. The van der Waals surface area contributed by atoms with Crippen LogP contribution >= 0.6 is 11.8 Å². The van der Waals surface area contributed by atoms with Crippen molar-refractivity contribution in [1.82, 2.24) is 10.6 Å². The highest BCUT2D eigenvalue weighted by Crippen LogP contribution is 2.37. The van der Waals surface area contributed by atoms with Gasteiger partial charge in [-0.25, -0.2) is 0 Å². The molecule has 2 unspecified atom stereocenters. The lowest BCUT2D eigenvalue weighted by molar-refractivity contribution is -0.175. The van der Waals surface area contributed by atoms with Crippen LogP contribution in [0.1, 0.15) is 20.7 Å². The number of hydrogen-bond acceptors (Lipinski definition) is 13. The fraction of sp³-hybridized carbons (Fsp3) is 0.500. The van der Waals surface area contributed by atoms with Gasteiger partial charge in [-0.15, -0.1) is 0 Å². The van der Waals surface area contributed by atoms with Crippen LogP contribution in [0.4, 0.5) is 0 Å². The molecule has 10 atom stereocenters. The van der Waals surface area contributed by atoms with Crippen LogP contribution in [0.3, 0.4) is 0 Å². The summed E-state index contributed by atoms with van der Waals surface area (Å²) in [5.41, 5.74) is -2.10. The summed E-state index contributed by atoms with van der Waals surface area (Å²) in [4.78, 5) is 25.8. The number of thioether (sulfide) groups is 1. The number of rotatable bonds is 10. The molecule has 0 aliphatic carbocycles. The van der Waals surface area contributed by atoms with Crippen molar-refractivity contribution < 1.29 is 59.2 Å². The monoisotopic (exact) mass is 624 g/mol. The minimum absolute atomic E-state index is 0.220. The third-order valence-corrected chi connectivity index (χ3v) is 8.65. The van der Waals surface area contributed by atoms with Crippen molar-refractivity contribution >= 4 is 23.6 Å². The average Bonchev–Trinajstić information content (AvgIpc) is 3.03. The molecule has 4 rings (SSSR count). The van der Waals surface area contributed by atoms with Crippen molar-refractivity contribution in [2.45, 2.75) is 59.6 Å². The lowest BCUT2D eigenvalue weighted by atomic mass is 9.96. The molecule has 0 saturated carbocycles. The maximum atomic E-state index is 12.9. The Morgan fingerprint density at radius 2 is 1.02 bits per heavy atom. The van der Waals surface area contributed by atoms with E-state index in [0.29, 0.717) is 11.5 Å². The summed E-state index contributed by atoms with van der Waals surface area (Å²) in [5.74, 6) is -0.190. The Kier molecular flexibility index (Phi) is 11.2. The predicted octanol–water partition coefficient (Wildman–Crippen LogP) is -1.79. The summed E-state index contributed by atoms with van der Waals surface area (Å²) >= 11 is 0.739. The zero-order chi connectivity index (χ0) is 31.3. The molecule has 2 aromatic rings. The summed E-state index contributed by atoms with van der Waals surface area (Å²) in [7, 11) is 2.95. The summed E-state index contributed by atoms with van der Waals surface area (Å²) in [6.07, 6.45) is -8.58. The maximum absolute atomic E-state index is 12.9. The summed E-state index contributed by atoms with van der Waals surface area (Å²) in [6, 6.07) is 9.65. The number of methoxy groups -OCH3 is 2.